The monoisotopic (exact) mass is 642 g/mol. The molecule has 9 rings (SSSR count). The standard InChI is InChI=1S/C41H62N4O2/c1-28-25-43-17-12-35(28)45-36(46)9-4-29-19-38(2)13-3-14-39(20-29,26-38)32-5-7-33(8-6-32)40-21-30-18-31(22-40)24-41(23-30,27-40)37(47)44-34-10-15-42-16-11-34/h5-8,28-31,34-35,42-43H,3-4,9-27H2,1-2H3,(H,44,47)(H,45,46). The van der Waals surface area contributed by atoms with Gasteiger partial charge in [0.1, 0.15) is 0 Å². The summed E-state index contributed by atoms with van der Waals surface area (Å²) >= 11 is 0. The van der Waals surface area contributed by atoms with Crippen LogP contribution in [0.2, 0.25) is 0 Å². The normalized spacial score (nSPS) is 43.0. The summed E-state index contributed by atoms with van der Waals surface area (Å²) in [6.07, 6.45) is 19.7. The van der Waals surface area contributed by atoms with Crippen molar-refractivity contribution in [3.63, 3.8) is 0 Å². The van der Waals surface area contributed by atoms with Gasteiger partial charge >= 0.3 is 0 Å². The SMILES string of the molecule is CC1CNCCC1NC(=O)CCC1CC2(C)CCCC(c3ccc(C45CC6CC(CC(C(=O)NC7CCNCC7)(C6)C4)C5)cc3)(C1)C2. The van der Waals surface area contributed by atoms with Gasteiger partial charge < -0.3 is 21.3 Å². The van der Waals surface area contributed by atoms with E-state index in [4.69, 9.17) is 0 Å². The van der Waals surface area contributed by atoms with E-state index < -0.39 is 0 Å². The van der Waals surface area contributed by atoms with Gasteiger partial charge in [-0.1, -0.05) is 44.5 Å². The highest BCUT2D eigenvalue weighted by Crippen LogP contribution is 2.66. The number of rotatable bonds is 8. The van der Waals surface area contributed by atoms with Crippen molar-refractivity contribution >= 4 is 11.8 Å². The Balaban J connectivity index is 0.971. The molecule has 6 bridgehead atoms. The van der Waals surface area contributed by atoms with E-state index in [1.54, 1.807) is 5.56 Å². The summed E-state index contributed by atoms with van der Waals surface area (Å²) in [4.78, 5) is 27.1. The molecule has 6 heteroatoms. The van der Waals surface area contributed by atoms with Crippen molar-refractivity contribution in [2.24, 2.45) is 34.5 Å². The molecule has 6 aliphatic carbocycles. The minimum Gasteiger partial charge on any atom is -0.353 e. The van der Waals surface area contributed by atoms with E-state index in [1.807, 2.05) is 0 Å². The Morgan fingerprint density at radius 1 is 0.809 bits per heavy atom. The zero-order valence-electron chi connectivity index (χ0n) is 29.4. The molecular formula is C41H62N4O2. The maximum absolute atomic E-state index is 14.0. The van der Waals surface area contributed by atoms with E-state index in [9.17, 15) is 9.59 Å². The van der Waals surface area contributed by atoms with E-state index in [0.717, 1.165) is 71.1 Å². The van der Waals surface area contributed by atoms with Crippen LogP contribution in [0.5, 0.6) is 0 Å². The second-order valence-electron chi connectivity index (χ2n) is 18.7. The lowest BCUT2D eigenvalue weighted by Crippen LogP contribution is -2.60. The highest BCUT2D eigenvalue weighted by Gasteiger charge is 2.61. The number of benzene rings is 1. The summed E-state index contributed by atoms with van der Waals surface area (Å²) in [5.41, 5.74) is 3.70. The second-order valence-corrected chi connectivity index (χ2v) is 18.7. The predicted octanol–water partition coefficient (Wildman–Crippen LogP) is 6.52. The molecule has 7 unspecified atom stereocenters. The van der Waals surface area contributed by atoms with Crippen molar-refractivity contribution in [2.75, 3.05) is 26.2 Å². The summed E-state index contributed by atoms with van der Waals surface area (Å²) < 4.78 is 0. The first-order valence-corrected chi connectivity index (χ1v) is 19.8. The van der Waals surface area contributed by atoms with Crippen molar-refractivity contribution in [1.29, 1.82) is 0 Å². The van der Waals surface area contributed by atoms with Crippen LogP contribution in [0.3, 0.4) is 0 Å². The van der Waals surface area contributed by atoms with Gasteiger partial charge in [-0.05, 0) is 174 Å². The van der Waals surface area contributed by atoms with E-state index in [1.165, 1.54) is 63.4 Å². The van der Waals surface area contributed by atoms with Crippen LogP contribution in [0.15, 0.2) is 24.3 Å². The summed E-state index contributed by atoms with van der Waals surface area (Å²) in [7, 11) is 0. The number of amides is 2. The Hall–Kier alpha value is -1.92. The maximum Gasteiger partial charge on any atom is 0.226 e. The topological polar surface area (TPSA) is 82.3 Å². The summed E-state index contributed by atoms with van der Waals surface area (Å²) in [6, 6.07) is 10.7. The van der Waals surface area contributed by atoms with E-state index >= 15 is 0 Å². The third-order valence-corrected chi connectivity index (χ3v) is 14.9. The van der Waals surface area contributed by atoms with Crippen LogP contribution in [-0.4, -0.2) is 50.1 Å². The number of piperidine rings is 2. The highest BCUT2D eigenvalue weighted by atomic mass is 16.2. The van der Waals surface area contributed by atoms with Crippen LogP contribution in [-0.2, 0) is 20.4 Å². The van der Waals surface area contributed by atoms with Crippen molar-refractivity contribution in [2.45, 2.75) is 146 Å². The van der Waals surface area contributed by atoms with Crippen LogP contribution in [0, 0.1) is 34.5 Å². The Morgan fingerprint density at radius 3 is 2.23 bits per heavy atom. The van der Waals surface area contributed by atoms with E-state index in [-0.39, 0.29) is 22.2 Å². The number of carbonyl (C=O) groups excluding carboxylic acids is 2. The summed E-state index contributed by atoms with van der Waals surface area (Å²) in [5.74, 6) is 3.16. The Bertz CT molecular complexity index is 1310. The fraction of sp³-hybridized carbons (Fsp3) is 0.805. The largest absolute Gasteiger partial charge is 0.353 e. The molecule has 258 valence electrons. The van der Waals surface area contributed by atoms with Gasteiger partial charge in [0.15, 0.2) is 0 Å². The van der Waals surface area contributed by atoms with E-state index in [0.29, 0.717) is 53.5 Å². The zero-order chi connectivity index (χ0) is 32.3. The molecule has 2 aliphatic heterocycles. The van der Waals surface area contributed by atoms with Gasteiger partial charge in [-0.15, -0.1) is 0 Å². The van der Waals surface area contributed by atoms with Crippen molar-refractivity contribution < 1.29 is 9.59 Å². The first-order chi connectivity index (χ1) is 22.7. The van der Waals surface area contributed by atoms with Crippen molar-refractivity contribution in [3.8, 4) is 0 Å². The van der Waals surface area contributed by atoms with Gasteiger partial charge in [0.25, 0.3) is 0 Å². The lowest BCUT2D eigenvalue weighted by atomic mass is 9.42. The fourth-order valence-electron chi connectivity index (χ4n) is 13.3. The third kappa shape index (κ3) is 6.21. The Morgan fingerprint density at radius 2 is 1.51 bits per heavy atom. The fourth-order valence-corrected chi connectivity index (χ4v) is 13.3. The molecule has 8 aliphatic rings. The van der Waals surface area contributed by atoms with Crippen LogP contribution in [0.25, 0.3) is 0 Å². The van der Waals surface area contributed by atoms with Gasteiger partial charge in [0.2, 0.25) is 11.8 Å². The first-order valence-electron chi connectivity index (χ1n) is 19.8. The molecule has 2 saturated heterocycles. The van der Waals surface area contributed by atoms with Crippen LogP contribution >= 0.6 is 0 Å². The third-order valence-electron chi connectivity index (χ3n) is 14.9. The number of nitrogens with one attached hydrogen (secondary N) is 4. The first kappa shape index (κ1) is 32.3. The van der Waals surface area contributed by atoms with Crippen molar-refractivity contribution in [3.05, 3.63) is 35.4 Å². The number of hydrogen-bond acceptors (Lipinski definition) is 4. The molecule has 8 fully saturated rings. The quantitative estimate of drug-likeness (QED) is 0.261. The zero-order valence-corrected chi connectivity index (χ0v) is 29.4. The van der Waals surface area contributed by atoms with Crippen LogP contribution < -0.4 is 21.3 Å². The van der Waals surface area contributed by atoms with Crippen molar-refractivity contribution in [1.82, 2.24) is 21.3 Å². The molecule has 47 heavy (non-hydrogen) atoms. The Labute approximate surface area is 284 Å². The number of carbonyl (C=O) groups is 2. The van der Waals surface area contributed by atoms with Gasteiger partial charge in [-0.3, -0.25) is 9.59 Å². The molecule has 0 radical (unpaired) electrons. The van der Waals surface area contributed by atoms with Gasteiger partial charge in [-0.2, -0.15) is 0 Å². The molecule has 6 nitrogen and oxygen atoms in total. The molecule has 2 amide bonds. The minimum atomic E-state index is -0.160. The van der Waals surface area contributed by atoms with Crippen LogP contribution in [0.4, 0.5) is 0 Å². The predicted molar refractivity (Wildman–Crippen MR) is 188 cm³/mol. The lowest BCUT2D eigenvalue weighted by molar-refractivity contribution is -0.150. The number of fused-ring (bicyclic) bond motifs is 2. The second kappa shape index (κ2) is 12.4. The van der Waals surface area contributed by atoms with E-state index in [2.05, 4.69) is 59.4 Å². The maximum atomic E-state index is 14.0. The molecule has 4 N–H and O–H groups in total. The molecule has 1 aromatic carbocycles. The average Bonchev–Trinajstić information content (AvgIpc) is 3.04. The summed E-state index contributed by atoms with van der Waals surface area (Å²) in [5, 5.41) is 13.9. The highest BCUT2D eigenvalue weighted by molar-refractivity contribution is 5.84. The summed E-state index contributed by atoms with van der Waals surface area (Å²) in [6.45, 7) is 8.85. The average molecular weight is 643 g/mol. The van der Waals surface area contributed by atoms with Crippen LogP contribution in [0.1, 0.15) is 134 Å². The Kier molecular flexibility index (Phi) is 8.55. The minimum absolute atomic E-state index is 0.160. The van der Waals surface area contributed by atoms with Gasteiger partial charge in [0.05, 0.1) is 5.41 Å². The molecular weight excluding hydrogens is 580 g/mol. The molecule has 1 aromatic rings. The van der Waals surface area contributed by atoms with Gasteiger partial charge in [0, 0.05) is 18.5 Å². The number of hydrogen-bond donors (Lipinski definition) is 4. The molecule has 2 heterocycles. The lowest BCUT2D eigenvalue weighted by Gasteiger charge is -2.61. The smallest absolute Gasteiger partial charge is 0.226 e. The molecule has 6 saturated carbocycles. The molecule has 0 aromatic heterocycles. The molecule has 7 atom stereocenters. The molecule has 0 spiro atoms. The van der Waals surface area contributed by atoms with Gasteiger partial charge in [-0.25, -0.2) is 0 Å².